The summed E-state index contributed by atoms with van der Waals surface area (Å²) in [6.45, 7) is 8.53. The predicted molar refractivity (Wildman–Crippen MR) is 123 cm³/mol. The van der Waals surface area contributed by atoms with Crippen molar-refractivity contribution in [3.63, 3.8) is 0 Å². The third kappa shape index (κ3) is 3.72. The molecule has 0 aliphatic carbocycles. The normalized spacial score (nSPS) is 17.2. The number of methoxy groups -OCH3 is 2. The predicted octanol–water partition coefficient (Wildman–Crippen LogP) is 3.37. The second-order valence-corrected chi connectivity index (χ2v) is 8.81. The van der Waals surface area contributed by atoms with E-state index in [0.29, 0.717) is 12.3 Å². The van der Waals surface area contributed by atoms with Crippen LogP contribution in [-0.4, -0.2) is 37.1 Å². The maximum atomic E-state index is 12.7. The molecule has 0 spiro atoms. The number of ether oxygens (including phenoxy) is 2. The van der Waals surface area contributed by atoms with Gasteiger partial charge in [-0.3, -0.25) is 4.79 Å². The fourth-order valence-electron chi connectivity index (χ4n) is 3.83. The topological polar surface area (TPSA) is 58.9 Å². The molecular weight excluding hydrogens is 393 g/mol. The Bertz CT molecular complexity index is 1150. The molecule has 4 rings (SSSR count). The lowest BCUT2D eigenvalue weighted by Gasteiger charge is -2.32. The largest absolute Gasteiger partial charge is 0.498 e. The van der Waals surface area contributed by atoms with Crippen LogP contribution in [-0.2, 0) is 15.9 Å². The van der Waals surface area contributed by atoms with E-state index in [-0.39, 0.29) is 5.56 Å². The summed E-state index contributed by atoms with van der Waals surface area (Å²) < 4.78 is 25.2. The van der Waals surface area contributed by atoms with Gasteiger partial charge in [-0.1, -0.05) is 18.2 Å². The molecule has 7 heteroatoms. The van der Waals surface area contributed by atoms with Crippen LogP contribution in [0.2, 0.25) is 0 Å². The van der Waals surface area contributed by atoms with Crippen molar-refractivity contribution in [3.8, 4) is 11.5 Å². The van der Waals surface area contributed by atoms with Gasteiger partial charge < -0.3 is 23.3 Å². The van der Waals surface area contributed by atoms with Gasteiger partial charge in [0.2, 0.25) is 0 Å². The van der Waals surface area contributed by atoms with Crippen molar-refractivity contribution in [1.82, 2.24) is 4.57 Å². The van der Waals surface area contributed by atoms with Gasteiger partial charge in [-0.25, -0.2) is 0 Å². The summed E-state index contributed by atoms with van der Waals surface area (Å²) in [5.41, 5.74) is 1.62. The minimum Gasteiger partial charge on any atom is -0.497 e. The first-order valence-electron chi connectivity index (χ1n) is 10.4. The molecule has 0 N–H and O–H groups in total. The minimum absolute atomic E-state index is 0.0752. The minimum atomic E-state index is -0.550. The average molecular weight is 421 g/mol. The monoisotopic (exact) mass is 421 g/mol. The molecule has 0 radical (unpaired) electrons. The molecule has 31 heavy (non-hydrogen) atoms. The summed E-state index contributed by atoms with van der Waals surface area (Å²) in [6, 6.07) is 14.9. The van der Waals surface area contributed by atoms with Crippen LogP contribution < -0.4 is 20.5 Å². The van der Waals surface area contributed by atoms with E-state index in [1.807, 2.05) is 64.1 Å². The maximum Gasteiger partial charge on any atom is 0.498 e. The number of rotatable bonds is 5. The highest BCUT2D eigenvalue weighted by Crippen LogP contribution is 2.38. The van der Waals surface area contributed by atoms with E-state index in [4.69, 9.17) is 18.8 Å². The Morgan fingerprint density at radius 1 is 0.871 bits per heavy atom. The van der Waals surface area contributed by atoms with Crippen molar-refractivity contribution in [1.29, 1.82) is 0 Å². The van der Waals surface area contributed by atoms with E-state index in [2.05, 4.69) is 0 Å². The van der Waals surface area contributed by atoms with Crippen LogP contribution in [0.15, 0.2) is 53.3 Å². The van der Waals surface area contributed by atoms with Gasteiger partial charge in [0.1, 0.15) is 11.5 Å². The summed E-state index contributed by atoms with van der Waals surface area (Å²) in [7, 11) is 2.71. The molecule has 0 amide bonds. The van der Waals surface area contributed by atoms with Crippen LogP contribution in [0.3, 0.4) is 0 Å². The summed E-state index contributed by atoms with van der Waals surface area (Å²) in [5.74, 6) is 1.43. The van der Waals surface area contributed by atoms with E-state index >= 15 is 0 Å². The van der Waals surface area contributed by atoms with Gasteiger partial charge in [0, 0.05) is 16.9 Å². The van der Waals surface area contributed by atoms with Gasteiger partial charge >= 0.3 is 7.12 Å². The maximum absolute atomic E-state index is 12.7. The molecule has 1 aliphatic rings. The quantitative estimate of drug-likeness (QED) is 0.592. The van der Waals surface area contributed by atoms with E-state index in [1.54, 1.807) is 30.9 Å². The summed E-state index contributed by atoms with van der Waals surface area (Å²) in [5, 5.41) is 0.836. The molecule has 3 aromatic rings. The SMILES string of the molecule is COc1ccc(Cn2c(=O)ccc3c(OC)c(B4OC(C)(C)C(C)(C)O4)ccc32)cc1. The molecule has 0 bridgehead atoms. The zero-order valence-corrected chi connectivity index (χ0v) is 18.9. The molecule has 2 heterocycles. The molecule has 162 valence electrons. The number of nitrogens with zero attached hydrogens (tertiary/aromatic N) is 1. The van der Waals surface area contributed by atoms with Crippen molar-refractivity contribution in [3.05, 3.63) is 64.4 Å². The zero-order valence-electron chi connectivity index (χ0n) is 18.9. The molecule has 1 saturated heterocycles. The van der Waals surface area contributed by atoms with Gasteiger partial charge in [0.05, 0.1) is 37.5 Å². The molecular formula is C24H28BNO5. The Morgan fingerprint density at radius 2 is 1.52 bits per heavy atom. The van der Waals surface area contributed by atoms with Crippen LogP contribution in [0.1, 0.15) is 33.3 Å². The second-order valence-electron chi connectivity index (χ2n) is 8.81. The number of fused-ring (bicyclic) bond motifs is 1. The fourth-order valence-corrected chi connectivity index (χ4v) is 3.83. The van der Waals surface area contributed by atoms with Crippen molar-refractivity contribution in [2.24, 2.45) is 0 Å². The third-order valence-electron chi connectivity index (χ3n) is 6.36. The highest BCUT2D eigenvalue weighted by molar-refractivity contribution is 6.63. The number of pyridine rings is 1. The highest BCUT2D eigenvalue weighted by Gasteiger charge is 2.52. The van der Waals surface area contributed by atoms with Crippen LogP contribution in [0.25, 0.3) is 10.9 Å². The third-order valence-corrected chi connectivity index (χ3v) is 6.36. The molecule has 0 atom stereocenters. The van der Waals surface area contributed by atoms with Gasteiger partial charge in [-0.05, 0) is 57.5 Å². The first-order chi connectivity index (χ1) is 14.7. The average Bonchev–Trinajstić information content (AvgIpc) is 2.96. The molecule has 1 fully saturated rings. The van der Waals surface area contributed by atoms with Gasteiger partial charge in [-0.2, -0.15) is 0 Å². The van der Waals surface area contributed by atoms with E-state index in [1.165, 1.54) is 0 Å². The van der Waals surface area contributed by atoms with E-state index < -0.39 is 18.3 Å². The molecule has 1 aliphatic heterocycles. The fraction of sp³-hybridized carbons (Fsp3) is 0.375. The smallest absolute Gasteiger partial charge is 0.497 e. The number of hydrogen-bond acceptors (Lipinski definition) is 5. The lowest BCUT2D eigenvalue weighted by molar-refractivity contribution is 0.00578. The van der Waals surface area contributed by atoms with Crippen molar-refractivity contribution < 1.29 is 18.8 Å². The van der Waals surface area contributed by atoms with Gasteiger partial charge in [0.25, 0.3) is 5.56 Å². The summed E-state index contributed by atoms with van der Waals surface area (Å²) in [4.78, 5) is 12.7. The van der Waals surface area contributed by atoms with Crippen LogP contribution in [0.5, 0.6) is 11.5 Å². The molecule has 1 aromatic heterocycles. The van der Waals surface area contributed by atoms with E-state index in [9.17, 15) is 4.79 Å². The first kappa shape index (κ1) is 21.5. The molecule has 2 aromatic carbocycles. The van der Waals surface area contributed by atoms with Crippen molar-refractivity contribution in [2.75, 3.05) is 14.2 Å². The zero-order chi connectivity index (χ0) is 22.4. The first-order valence-corrected chi connectivity index (χ1v) is 10.4. The summed E-state index contributed by atoms with van der Waals surface area (Å²) in [6.07, 6.45) is 0. The Balaban J connectivity index is 1.78. The standard InChI is InChI=1S/C24H28BNO5/c1-23(2)24(3,4)31-25(30-23)19-12-13-20-18(22(19)29-6)11-14-21(27)26(20)15-16-7-9-17(28-5)10-8-16/h7-14H,15H2,1-6H3. The Morgan fingerprint density at radius 3 is 2.10 bits per heavy atom. The van der Waals surface area contributed by atoms with E-state index in [0.717, 1.165) is 27.7 Å². The Hall–Kier alpha value is -2.77. The second kappa shape index (κ2) is 7.73. The molecule has 0 saturated carbocycles. The van der Waals surface area contributed by atoms with Crippen LogP contribution in [0.4, 0.5) is 0 Å². The lowest BCUT2D eigenvalue weighted by atomic mass is 9.77. The lowest BCUT2D eigenvalue weighted by Crippen LogP contribution is -2.41. The molecule has 6 nitrogen and oxygen atoms in total. The van der Waals surface area contributed by atoms with Crippen molar-refractivity contribution >= 4 is 23.5 Å². The van der Waals surface area contributed by atoms with Crippen molar-refractivity contribution in [2.45, 2.75) is 45.4 Å². The summed E-state index contributed by atoms with van der Waals surface area (Å²) >= 11 is 0. The van der Waals surface area contributed by atoms with Gasteiger partial charge in [0.15, 0.2) is 0 Å². The Kier molecular flexibility index (Phi) is 5.35. The number of hydrogen-bond donors (Lipinski definition) is 0. The highest BCUT2D eigenvalue weighted by atomic mass is 16.7. The number of aromatic nitrogens is 1. The van der Waals surface area contributed by atoms with Crippen LogP contribution >= 0.6 is 0 Å². The number of benzene rings is 2. The molecule has 0 unspecified atom stereocenters. The van der Waals surface area contributed by atoms with Gasteiger partial charge in [-0.15, -0.1) is 0 Å². The Labute approximate surface area is 182 Å². The van der Waals surface area contributed by atoms with Crippen LogP contribution in [0, 0.1) is 0 Å².